The fourth-order valence-corrected chi connectivity index (χ4v) is 3.31. The third kappa shape index (κ3) is 2.08. The van der Waals surface area contributed by atoms with Gasteiger partial charge in [-0.05, 0) is 24.3 Å². The first-order chi connectivity index (χ1) is 8.34. The van der Waals surface area contributed by atoms with Crippen LogP contribution < -0.4 is 0 Å². The molecule has 2 atom stereocenters. The highest BCUT2D eigenvalue weighted by Crippen LogP contribution is 2.37. The van der Waals surface area contributed by atoms with E-state index in [1.54, 1.807) is 0 Å². The second-order valence-corrected chi connectivity index (χ2v) is 5.36. The molecule has 1 aliphatic heterocycles. The van der Waals surface area contributed by atoms with Crippen molar-refractivity contribution in [1.29, 1.82) is 0 Å². The molecule has 0 radical (unpaired) electrons. The summed E-state index contributed by atoms with van der Waals surface area (Å²) in [7, 11) is 0. The minimum absolute atomic E-state index is 0.340. The Morgan fingerprint density at radius 3 is 2.65 bits per heavy atom. The Hall–Kier alpha value is -1.31. The molecular formula is C15H19NO. The zero-order valence-corrected chi connectivity index (χ0v) is 10.1. The molecule has 2 aliphatic rings. The molecule has 0 spiro atoms. The van der Waals surface area contributed by atoms with Gasteiger partial charge in [0.2, 0.25) is 5.91 Å². The molecule has 2 fully saturated rings. The van der Waals surface area contributed by atoms with Gasteiger partial charge in [-0.1, -0.05) is 43.2 Å². The lowest BCUT2D eigenvalue weighted by Gasteiger charge is -2.21. The standard InChI is InChI=1S/C15H19NO/c17-15-14-9-5-4-8-13(14)11-16(15)10-12-6-2-1-3-7-12/h1-3,6-7,13-14H,4-5,8-11H2. The summed E-state index contributed by atoms with van der Waals surface area (Å²) in [5.41, 5.74) is 1.25. The Labute approximate surface area is 103 Å². The van der Waals surface area contributed by atoms with E-state index in [1.165, 1.54) is 24.8 Å². The van der Waals surface area contributed by atoms with Crippen molar-refractivity contribution in [2.75, 3.05) is 6.54 Å². The summed E-state index contributed by atoms with van der Waals surface area (Å²) in [5.74, 6) is 1.38. The molecule has 1 saturated heterocycles. The molecule has 1 aromatic carbocycles. The van der Waals surface area contributed by atoms with Gasteiger partial charge in [-0.2, -0.15) is 0 Å². The molecule has 1 aromatic rings. The molecule has 1 saturated carbocycles. The van der Waals surface area contributed by atoms with Crippen LogP contribution in [0.25, 0.3) is 0 Å². The van der Waals surface area contributed by atoms with Crippen molar-refractivity contribution >= 4 is 5.91 Å². The maximum Gasteiger partial charge on any atom is 0.226 e. The van der Waals surface area contributed by atoms with E-state index in [-0.39, 0.29) is 0 Å². The van der Waals surface area contributed by atoms with Gasteiger partial charge >= 0.3 is 0 Å². The number of fused-ring (bicyclic) bond motifs is 1. The Kier molecular flexibility index (Phi) is 2.87. The van der Waals surface area contributed by atoms with Crippen LogP contribution in [0.4, 0.5) is 0 Å². The zero-order valence-electron chi connectivity index (χ0n) is 10.1. The van der Waals surface area contributed by atoms with Crippen LogP contribution in [0, 0.1) is 11.8 Å². The predicted molar refractivity (Wildman–Crippen MR) is 67.3 cm³/mol. The predicted octanol–water partition coefficient (Wildman–Crippen LogP) is 2.84. The first kappa shape index (κ1) is 10.8. The Balaban J connectivity index is 1.71. The van der Waals surface area contributed by atoms with E-state index < -0.39 is 0 Å². The lowest BCUT2D eigenvalue weighted by Crippen LogP contribution is -2.26. The van der Waals surface area contributed by atoms with E-state index in [4.69, 9.17) is 0 Å². The maximum absolute atomic E-state index is 12.3. The number of hydrogen-bond acceptors (Lipinski definition) is 1. The molecule has 3 rings (SSSR count). The van der Waals surface area contributed by atoms with Crippen LogP contribution in [-0.2, 0) is 11.3 Å². The van der Waals surface area contributed by atoms with Crippen molar-refractivity contribution in [3.05, 3.63) is 35.9 Å². The summed E-state index contributed by atoms with van der Waals surface area (Å²) in [6.07, 6.45) is 4.93. The molecule has 0 N–H and O–H groups in total. The first-order valence-electron chi connectivity index (χ1n) is 6.67. The Morgan fingerprint density at radius 1 is 1.12 bits per heavy atom. The summed E-state index contributed by atoms with van der Waals surface area (Å²) in [6.45, 7) is 1.78. The second kappa shape index (κ2) is 4.52. The molecule has 1 amide bonds. The molecular weight excluding hydrogens is 210 g/mol. The largest absolute Gasteiger partial charge is 0.338 e. The van der Waals surface area contributed by atoms with Crippen molar-refractivity contribution in [2.45, 2.75) is 32.2 Å². The molecule has 2 heteroatoms. The number of nitrogens with zero attached hydrogens (tertiary/aromatic N) is 1. The molecule has 1 heterocycles. The number of likely N-dealkylation sites (tertiary alicyclic amines) is 1. The van der Waals surface area contributed by atoms with Crippen LogP contribution in [0.1, 0.15) is 31.2 Å². The Morgan fingerprint density at radius 2 is 1.88 bits per heavy atom. The van der Waals surface area contributed by atoms with E-state index in [2.05, 4.69) is 17.0 Å². The van der Waals surface area contributed by atoms with Crippen molar-refractivity contribution in [3.8, 4) is 0 Å². The normalized spacial score (nSPS) is 28.2. The average molecular weight is 229 g/mol. The molecule has 2 nitrogen and oxygen atoms in total. The van der Waals surface area contributed by atoms with E-state index in [1.807, 2.05) is 18.2 Å². The van der Waals surface area contributed by atoms with Gasteiger partial charge in [-0.25, -0.2) is 0 Å². The maximum atomic E-state index is 12.3. The number of benzene rings is 1. The number of rotatable bonds is 2. The second-order valence-electron chi connectivity index (χ2n) is 5.36. The van der Waals surface area contributed by atoms with Gasteiger partial charge in [0, 0.05) is 19.0 Å². The molecule has 0 bridgehead atoms. The van der Waals surface area contributed by atoms with E-state index in [9.17, 15) is 4.79 Å². The number of carbonyl (C=O) groups is 1. The van der Waals surface area contributed by atoms with Gasteiger partial charge in [0.15, 0.2) is 0 Å². The lowest BCUT2D eigenvalue weighted by molar-refractivity contribution is -0.132. The number of carbonyl (C=O) groups excluding carboxylic acids is 1. The van der Waals surface area contributed by atoms with Crippen molar-refractivity contribution in [1.82, 2.24) is 4.90 Å². The highest BCUT2D eigenvalue weighted by atomic mass is 16.2. The number of amides is 1. The van der Waals surface area contributed by atoms with Crippen molar-refractivity contribution in [2.24, 2.45) is 11.8 Å². The summed E-state index contributed by atoms with van der Waals surface area (Å²) in [6, 6.07) is 10.3. The van der Waals surface area contributed by atoms with Crippen LogP contribution in [-0.4, -0.2) is 17.4 Å². The van der Waals surface area contributed by atoms with Crippen molar-refractivity contribution in [3.63, 3.8) is 0 Å². The molecule has 17 heavy (non-hydrogen) atoms. The number of hydrogen-bond donors (Lipinski definition) is 0. The van der Waals surface area contributed by atoms with Gasteiger partial charge in [0.05, 0.1) is 0 Å². The SMILES string of the molecule is O=C1C2CCCCC2CN1Cc1ccccc1. The summed E-state index contributed by atoms with van der Waals surface area (Å²) in [4.78, 5) is 14.3. The van der Waals surface area contributed by atoms with Crippen LogP contribution in [0.5, 0.6) is 0 Å². The highest BCUT2D eigenvalue weighted by molar-refractivity contribution is 5.81. The van der Waals surface area contributed by atoms with Gasteiger partial charge in [-0.3, -0.25) is 4.79 Å². The summed E-state index contributed by atoms with van der Waals surface area (Å²) in [5, 5.41) is 0. The third-order valence-corrected chi connectivity index (χ3v) is 4.21. The van der Waals surface area contributed by atoms with E-state index >= 15 is 0 Å². The van der Waals surface area contributed by atoms with Gasteiger partial charge in [0.25, 0.3) is 0 Å². The third-order valence-electron chi connectivity index (χ3n) is 4.21. The summed E-state index contributed by atoms with van der Waals surface area (Å²) < 4.78 is 0. The van der Waals surface area contributed by atoms with Crippen LogP contribution >= 0.6 is 0 Å². The van der Waals surface area contributed by atoms with Gasteiger partial charge in [0.1, 0.15) is 0 Å². The monoisotopic (exact) mass is 229 g/mol. The van der Waals surface area contributed by atoms with Gasteiger partial charge < -0.3 is 4.90 Å². The topological polar surface area (TPSA) is 20.3 Å². The summed E-state index contributed by atoms with van der Waals surface area (Å²) >= 11 is 0. The van der Waals surface area contributed by atoms with Gasteiger partial charge in [-0.15, -0.1) is 0 Å². The molecule has 1 aliphatic carbocycles. The first-order valence-corrected chi connectivity index (χ1v) is 6.67. The molecule has 90 valence electrons. The van der Waals surface area contributed by atoms with E-state index in [0.29, 0.717) is 17.7 Å². The van der Waals surface area contributed by atoms with Crippen LogP contribution in [0.2, 0.25) is 0 Å². The van der Waals surface area contributed by atoms with Crippen molar-refractivity contribution < 1.29 is 4.79 Å². The zero-order chi connectivity index (χ0) is 11.7. The molecule has 2 unspecified atom stereocenters. The van der Waals surface area contributed by atoms with Crippen LogP contribution in [0.3, 0.4) is 0 Å². The minimum atomic E-state index is 0.340. The Bertz CT molecular complexity index is 401. The van der Waals surface area contributed by atoms with E-state index in [0.717, 1.165) is 19.5 Å². The van der Waals surface area contributed by atoms with Crippen LogP contribution in [0.15, 0.2) is 30.3 Å². The fraction of sp³-hybridized carbons (Fsp3) is 0.533. The lowest BCUT2D eigenvalue weighted by atomic mass is 9.81. The smallest absolute Gasteiger partial charge is 0.226 e. The minimum Gasteiger partial charge on any atom is -0.338 e. The highest BCUT2D eigenvalue weighted by Gasteiger charge is 2.40. The fourth-order valence-electron chi connectivity index (χ4n) is 3.31. The quantitative estimate of drug-likeness (QED) is 0.763. The molecule has 0 aromatic heterocycles. The average Bonchev–Trinajstić information content (AvgIpc) is 2.68.